The van der Waals surface area contributed by atoms with Gasteiger partial charge in [0.15, 0.2) is 6.19 Å². The molecule has 46 valence electrons. The Kier molecular flexibility index (Phi) is 6.98. The highest BCUT2D eigenvalue weighted by molar-refractivity contribution is 8.76. The minimum absolute atomic E-state index is 0.780. The van der Waals surface area contributed by atoms with Crippen LogP contribution in [0.4, 0.5) is 0 Å². The number of hydrogen-bond acceptors (Lipinski definition) is 4. The van der Waals surface area contributed by atoms with E-state index in [1.807, 2.05) is 12.4 Å². The molecule has 0 aliphatic heterocycles. The van der Waals surface area contributed by atoms with Crippen molar-refractivity contribution < 1.29 is 0 Å². The van der Waals surface area contributed by atoms with Gasteiger partial charge in [0, 0.05) is 12.3 Å². The van der Waals surface area contributed by atoms with Gasteiger partial charge in [-0.2, -0.15) is 5.26 Å². The molecule has 0 aromatic heterocycles. The summed E-state index contributed by atoms with van der Waals surface area (Å²) in [7, 11) is 3.47. The van der Waals surface area contributed by atoms with Crippen molar-refractivity contribution in [2.45, 2.75) is 0 Å². The van der Waals surface area contributed by atoms with Gasteiger partial charge >= 0.3 is 0 Å². The van der Waals surface area contributed by atoms with Gasteiger partial charge in [-0.15, -0.1) is 0 Å². The van der Waals surface area contributed by atoms with Gasteiger partial charge in [-0.25, -0.2) is 0 Å². The van der Waals surface area contributed by atoms with Crippen LogP contribution in [-0.2, 0) is 0 Å². The van der Waals surface area contributed by atoms with Gasteiger partial charge in [0.25, 0.3) is 0 Å². The molecule has 0 aliphatic carbocycles. The zero-order valence-electron chi connectivity index (χ0n) is 4.68. The maximum Gasteiger partial charge on any atom is 0.176 e. The fourth-order valence-corrected chi connectivity index (χ4v) is 1.33. The van der Waals surface area contributed by atoms with E-state index < -0.39 is 0 Å². The molecule has 0 bridgehead atoms. The van der Waals surface area contributed by atoms with E-state index in [4.69, 9.17) is 5.26 Å². The van der Waals surface area contributed by atoms with E-state index in [1.165, 1.54) is 0 Å². The van der Waals surface area contributed by atoms with E-state index >= 15 is 0 Å². The molecule has 0 aromatic carbocycles. The van der Waals surface area contributed by atoms with Crippen molar-refractivity contribution in [2.24, 2.45) is 0 Å². The van der Waals surface area contributed by atoms with Crippen LogP contribution in [0.2, 0.25) is 0 Å². The van der Waals surface area contributed by atoms with Crippen LogP contribution in [0.3, 0.4) is 0 Å². The zero-order valence-corrected chi connectivity index (χ0v) is 6.31. The van der Waals surface area contributed by atoms with Crippen LogP contribution in [0.15, 0.2) is 0 Å². The molecule has 0 rings (SSSR count). The Labute approximate surface area is 57.4 Å². The van der Waals surface area contributed by atoms with Crippen LogP contribution < -0.4 is 5.32 Å². The summed E-state index contributed by atoms with van der Waals surface area (Å²) >= 11 is 0. The lowest BCUT2D eigenvalue weighted by Gasteiger charge is -1.92. The normalized spacial score (nSPS) is 8.00. The summed E-state index contributed by atoms with van der Waals surface area (Å²) in [5, 5.41) is 10.5. The fourth-order valence-electron chi connectivity index (χ4n) is 0.232. The van der Waals surface area contributed by atoms with Crippen molar-refractivity contribution in [1.29, 1.82) is 5.26 Å². The Bertz CT molecular complexity index is 78.6. The number of nitrogens with zero attached hydrogens (tertiary/aromatic N) is 1. The van der Waals surface area contributed by atoms with E-state index in [0.29, 0.717) is 0 Å². The summed E-state index contributed by atoms with van der Waals surface area (Å²) < 4.78 is 0. The topological polar surface area (TPSA) is 35.8 Å². The van der Waals surface area contributed by atoms with Crippen molar-refractivity contribution in [3.63, 3.8) is 0 Å². The average Bonchev–Trinajstić information content (AvgIpc) is 1.81. The van der Waals surface area contributed by atoms with E-state index in [2.05, 4.69) is 5.32 Å². The first-order chi connectivity index (χ1) is 3.91. The van der Waals surface area contributed by atoms with Crippen LogP contribution in [0.25, 0.3) is 0 Å². The SMILES string of the molecule is CSSCCNC#N. The molecule has 8 heavy (non-hydrogen) atoms. The third-order valence-corrected chi connectivity index (χ3v) is 2.32. The Balaban J connectivity index is 2.65. The average molecular weight is 148 g/mol. The molecule has 0 heterocycles. The maximum absolute atomic E-state index is 7.99. The predicted octanol–water partition coefficient (Wildman–Crippen LogP) is 1.07. The van der Waals surface area contributed by atoms with Crippen molar-refractivity contribution in [1.82, 2.24) is 5.32 Å². The molecule has 4 heteroatoms. The molecule has 0 atom stereocenters. The molecule has 0 saturated carbocycles. The van der Waals surface area contributed by atoms with E-state index in [-0.39, 0.29) is 0 Å². The fraction of sp³-hybridized carbons (Fsp3) is 0.750. The number of nitriles is 1. The molecule has 0 saturated heterocycles. The van der Waals surface area contributed by atoms with E-state index in [9.17, 15) is 0 Å². The summed E-state index contributed by atoms with van der Waals surface area (Å²) in [6.07, 6.45) is 3.88. The Morgan fingerprint density at radius 1 is 1.75 bits per heavy atom. The van der Waals surface area contributed by atoms with Crippen molar-refractivity contribution in [2.75, 3.05) is 18.6 Å². The highest BCUT2D eigenvalue weighted by atomic mass is 33.1. The smallest absolute Gasteiger partial charge is 0.176 e. The standard InChI is InChI=1S/C4H8N2S2/c1-7-8-3-2-6-4-5/h6H,2-3H2,1H3. The Morgan fingerprint density at radius 2 is 2.50 bits per heavy atom. The third-order valence-electron chi connectivity index (χ3n) is 0.507. The summed E-state index contributed by atoms with van der Waals surface area (Å²) in [6.45, 7) is 0.780. The third kappa shape index (κ3) is 5.99. The first-order valence-electron chi connectivity index (χ1n) is 2.19. The molecule has 0 amide bonds. The van der Waals surface area contributed by atoms with Gasteiger partial charge in [0.1, 0.15) is 0 Å². The van der Waals surface area contributed by atoms with Gasteiger partial charge in [0.2, 0.25) is 0 Å². The van der Waals surface area contributed by atoms with E-state index in [0.717, 1.165) is 12.3 Å². The zero-order chi connectivity index (χ0) is 6.24. The van der Waals surface area contributed by atoms with Gasteiger partial charge in [-0.1, -0.05) is 21.6 Å². The molecular weight excluding hydrogens is 140 g/mol. The molecule has 2 nitrogen and oxygen atoms in total. The lowest BCUT2D eigenvalue weighted by Crippen LogP contribution is -2.08. The summed E-state index contributed by atoms with van der Waals surface area (Å²) in [5.41, 5.74) is 0. The summed E-state index contributed by atoms with van der Waals surface area (Å²) in [4.78, 5) is 0. The molecular formula is C4H8N2S2. The quantitative estimate of drug-likeness (QED) is 0.280. The highest BCUT2D eigenvalue weighted by Crippen LogP contribution is 2.14. The maximum atomic E-state index is 7.99. The lowest BCUT2D eigenvalue weighted by atomic mass is 10.8. The second-order valence-electron chi connectivity index (χ2n) is 1.03. The van der Waals surface area contributed by atoms with E-state index in [1.54, 1.807) is 21.6 Å². The van der Waals surface area contributed by atoms with Crippen LogP contribution in [0.1, 0.15) is 0 Å². The van der Waals surface area contributed by atoms with Crippen molar-refractivity contribution >= 4 is 21.6 Å². The Hall–Kier alpha value is -0.0100. The van der Waals surface area contributed by atoms with Crippen LogP contribution in [0.5, 0.6) is 0 Å². The molecule has 0 aliphatic rings. The monoisotopic (exact) mass is 148 g/mol. The van der Waals surface area contributed by atoms with Gasteiger partial charge in [-0.3, -0.25) is 0 Å². The van der Waals surface area contributed by atoms with Crippen LogP contribution in [-0.4, -0.2) is 18.6 Å². The van der Waals surface area contributed by atoms with Crippen molar-refractivity contribution in [3.8, 4) is 6.19 Å². The lowest BCUT2D eigenvalue weighted by molar-refractivity contribution is 0.946. The summed E-state index contributed by atoms with van der Waals surface area (Å²) in [5.74, 6) is 0.995. The van der Waals surface area contributed by atoms with Gasteiger partial charge in [-0.05, 0) is 6.26 Å². The molecule has 0 aromatic rings. The van der Waals surface area contributed by atoms with Crippen molar-refractivity contribution in [3.05, 3.63) is 0 Å². The number of rotatable bonds is 4. The molecule has 1 N–H and O–H groups in total. The highest BCUT2D eigenvalue weighted by Gasteiger charge is 1.81. The largest absolute Gasteiger partial charge is 0.323 e. The van der Waals surface area contributed by atoms with Gasteiger partial charge in [0.05, 0.1) is 0 Å². The molecule has 0 unspecified atom stereocenters. The Morgan fingerprint density at radius 3 is 3.00 bits per heavy atom. The minimum Gasteiger partial charge on any atom is -0.323 e. The van der Waals surface area contributed by atoms with Crippen LogP contribution in [0, 0.1) is 11.5 Å². The second kappa shape index (κ2) is 6.99. The number of nitrogens with one attached hydrogen (secondary N) is 1. The number of hydrogen-bond donors (Lipinski definition) is 1. The van der Waals surface area contributed by atoms with Gasteiger partial charge < -0.3 is 5.32 Å². The predicted molar refractivity (Wildman–Crippen MR) is 39.6 cm³/mol. The summed E-state index contributed by atoms with van der Waals surface area (Å²) in [6, 6.07) is 0. The molecule has 0 radical (unpaired) electrons. The molecule has 0 fully saturated rings. The molecule has 0 spiro atoms. The first-order valence-corrected chi connectivity index (χ1v) is 4.92. The minimum atomic E-state index is 0.780. The van der Waals surface area contributed by atoms with Crippen LogP contribution >= 0.6 is 21.6 Å². The first kappa shape index (κ1) is 7.99. The second-order valence-corrected chi connectivity index (χ2v) is 3.71.